The highest BCUT2D eigenvalue weighted by Gasteiger charge is 2.43. The molecule has 23 heavy (non-hydrogen) atoms. The van der Waals surface area contributed by atoms with E-state index >= 15 is 0 Å². The molecule has 0 bridgehead atoms. The molecule has 0 unspecified atom stereocenters. The highest BCUT2D eigenvalue weighted by Crippen LogP contribution is 2.20. The minimum Gasteiger partial charge on any atom is -0.466 e. The van der Waals surface area contributed by atoms with Crippen molar-refractivity contribution in [2.45, 2.75) is 64.9 Å². The lowest BCUT2D eigenvalue weighted by Gasteiger charge is -2.24. The van der Waals surface area contributed by atoms with Crippen LogP contribution in [0.25, 0.3) is 0 Å². The summed E-state index contributed by atoms with van der Waals surface area (Å²) in [6.45, 7) is 5.62. The van der Waals surface area contributed by atoms with Gasteiger partial charge in [0, 0.05) is 0 Å². The molecule has 0 saturated heterocycles. The van der Waals surface area contributed by atoms with E-state index in [2.05, 4.69) is 6.92 Å². The summed E-state index contributed by atoms with van der Waals surface area (Å²) in [6.07, 6.45) is 2.34. The fraction of sp³-hybridized carbons (Fsp3) is 0.812. The predicted molar refractivity (Wildman–Crippen MR) is 82.6 cm³/mol. The van der Waals surface area contributed by atoms with Crippen LogP contribution in [0.15, 0.2) is 0 Å². The van der Waals surface area contributed by atoms with E-state index in [4.69, 9.17) is 14.2 Å². The Morgan fingerprint density at radius 3 is 1.78 bits per heavy atom. The Bertz CT molecular complexity index is 359. The lowest BCUT2D eigenvalue weighted by molar-refractivity contribution is -0.177. The van der Waals surface area contributed by atoms with Gasteiger partial charge in [-0.2, -0.15) is 0 Å². The summed E-state index contributed by atoms with van der Waals surface area (Å²) in [5, 5.41) is 10.4. The molecule has 0 saturated carbocycles. The highest BCUT2D eigenvalue weighted by molar-refractivity contribution is 5.90. The van der Waals surface area contributed by atoms with Crippen molar-refractivity contribution in [1.82, 2.24) is 0 Å². The van der Waals surface area contributed by atoms with E-state index in [1.807, 2.05) is 0 Å². The molecule has 0 radical (unpaired) electrons. The number of aliphatic hydroxyl groups is 1. The van der Waals surface area contributed by atoms with Gasteiger partial charge in [-0.1, -0.05) is 26.2 Å². The van der Waals surface area contributed by atoms with E-state index in [0.717, 1.165) is 19.3 Å². The summed E-state index contributed by atoms with van der Waals surface area (Å²) in [6, 6.07) is 0. The number of esters is 3. The fourth-order valence-electron chi connectivity index (χ4n) is 1.94. The second-order valence-corrected chi connectivity index (χ2v) is 5.19. The SMILES string of the molecule is CCCCCCOC(=O)C(O)(CC(=O)OCC)CC(=O)OCC. The molecule has 7 heteroatoms. The Morgan fingerprint density at radius 2 is 1.35 bits per heavy atom. The van der Waals surface area contributed by atoms with E-state index in [0.29, 0.717) is 6.42 Å². The number of hydrogen-bond acceptors (Lipinski definition) is 7. The van der Waals surface area contributed by atoms with Gasteiger partial charge in [-0.3, -0.25) is 9.59 Å². The molecular weight excluding hydrogens is 304 g/mol. The van der Waals surface area contributed by atoms with Crippen LogP contribution < -0.4 is 0 Å². The average molecular weight is 332 g/mol. The molecule has 0 aromatic carbocycles. The first-order chi connectivity index (χ1) is 10.9. The highest BCUT2D eigenvalue weighted by atomic mass is 16.6. The maximum atomic E-state index is 12.1. The van der Waals surface area contributed by atoms with Gasteiger partial charge in [0.05, 0.1) is 32.7 Å². The molecule has 0 aliphatic carbocycles. The van der Waals surface area contributed by atoms with Crippen molar-refractivity contribution >= 4 is 17.9 Å². The Labute approximate surface area is 137 Å². The number of rotatable bonds is 12. The van der Waals surface area contributed by atoms with Crippen LogP contribution in [0.1, 0.15) is 59.3 Å². The Hall–Kier alpha value is -1.63. The molecule has 0 amide bonds. The summed E-state index contributed by atoms with van der Waals surface area (Å²) in [5.74, 6) is -2.56. The van der Waals surface area contributed by atoms with Gasteiger partial charge in [0.25, 0.3) is 0 Å². The van der Waals surface area contributed by atoms with Crippen LogP contribution in [0.4, 0.5) is 0 Å². The van der Waals surface area contributed by atoms with Crippen molar-refractivity contribution < 1.29 is 33.7 Å². The molecule has 0 aromatic rings. The molecule has 0 atom stereocenters. The molecule has 0 fully saturated rings. The third kappa shape index (κ3) is 9.18. The largest absolute Gasteiger partial charge is 0.466 e. The number of hydrogen-bond donors (Lipinski definition) is 1. The van der Waals surface area contributed by atoms with Crippen LogP contribution in [0.2, 0.25) is 0 Å². The summed E-state index contributed by atoms with van der Waals surface area (Å²) in [4.78, 5) is 35.2. The number of unbranched alkanes of at least 4 members (excludes halogenated alkanes) is 3. The first-order valence-electron chi connectivity index (χ1n) is 8.10. The standard InChI is InChI=1S/C16H28O7/c1-4-7-8-9-10-23-15(19)16(20,11-13(17)21-5-2)12-14(18)22-6-3/h20H,4-12H2,1-3H3. The van der Waals surface area contributed by atoms with Crippen molar-refractivity contribution in [3.8, 4) is 0 Å². The molecule has 0 aliphatic rings. The van der Waals surface area contributed by atoms with Crippen LogP contribution in [0.5, 0.6) is 0 Å². The minimum atomic E-state index is -2.26. The molecular formula is C16H28O7. The zero-order chi connectivity index (χ0) is 17.7. The second kappa shape index (κ2) is 11.9. The van der Waals surface area contributed by atoms with Gasteiger partial charge in [0.15, 0.2) is 5.60 Å². The maximum absolute atomic E-state index is 12.1. The third-order valence-electron chi connectivity index (χ3n) is 3.10. The summed E-state index contributed by atoms with van der Waals surface area (Å²) in [5.41, 5.74) is -2.26. The van der Waals surface area contributed by atoms with Crippen molar-refractivity contribution in [2.24, 2.45) is 0 Å². The van der Waals surface area contributed by atoms with Gasteiger partial charge in [0.2, 0.25) is 0 Å². The normalized spacial score (nSPS) is 11.0. The zero-order valence-electron chi connectivity index (χ0n) is 14.3. The maximum Gasteiger partial charge on any atom is 0.339 e. The van der Waals surface area contributed by atoms with Crippen LogP contribution in [0, 0.1) is 0 Å². The molecule has 134 valence electrons. The van der Waals surface area contributed by atoms with E-state index in [-0.39, 0.29) is 19.8 Å². The van der Waals surface area contributed by atoms with Gasteiger partial charge in [0.1, 0.15) is 0 Å². The zero-order valence-corrected chi connectivity index (χ0v) is 14.3. The van der Waals surface area contributed by atoms with E-state index in [9.17, 15) is 19.5 Å². The molecule has 0 aliphatic heterocycles. The van der Waals surface area contributed by atoms with E-state index in [1.54, 1.807) is 13.8 Å². The van der Waals surface area contributed by atoms with Crippen LogP contribution in [0.3, 0.4) is 0 Å². The van der Waals surface area contributed by atoms with E-state index in [1.165, 1.54) is 0 Å². The lowest BCUT2D eigenvalue weighted by atomic mass is 9.95. The number of carbonyl (C=O) groups is 3. The van der Waals surface area contributed by atoms with Crippen molar-refractivity contribution in [2.75, 3.05) is 19.8 Å². The average Bonchev–Trinajstić information content (AvgIpc) is 2.46. The molecule has 1 N–H and O–H groups in total. The van der Waals surface area contributed by atoms with Gasteiger partial charge in [-0.05, 0) is 20.3 Å². The van der Waals surface area contributed by atoms with Gasteiger partial charge < -0.3 is 19.3 Å². The van der Waals surface area contributed by atoms with Crippen molar-refractivity contribution in [1.29, 1.82) is 0 Å². The number of ether oxygens (including phenoxy) is 3. The van der Waals surface area contributed by atoms with Crippen molar-refractivity contribution in [3.63, 3.8) is 0 Å². The van der Waals surface area contributed by atoms with Crippen LogP contribution in [-0.4, -0.2) is 48.4 Å². The topological polar surface area (TPSA) is 99.1 Å². The molecule has 0 rings (SSSR count). The minimum absolute atomic E-state index is 0.111. The molecule has 0 aromatic heterocycles. The monoisotopic (exact) mass is 332 g/mol. The van der Waals surface area contributed by atoms with Crippen LogP contribution in [-0.2, 0) is 28.6 Å². The summed E-state index contributed by atoms with van der Waals surface area (Å²) < 4.78 is 14.5. The Kier molecular flexibility index (Phi) is 11.0. The van der Waals surface area contributed by atoms with Gasteiger partial charge in [-0.25, -0.2) is 4.79 Å². The third-order valence-corrected chi connectivity index (χ3v) is 3.10. The quantitative estimate of drug-likeness (QED) is 0.330. The molecule has 7 nitrogen and oxygen atoms in total. The molecule has 0 spiro atoms. The smallest absolute Gasteiger partial charge is 0.339 e. The van der Waals surface area contributed by atoms with Crippen LogP contribution >= 0.6 is 0 Å². The fourth-order valence-corrected chi connectivity index (χ4v) is 1.94. The Balaban J connectivity index is 4.70. The van der Waals surface area contributed by atoms with Gasteiger partial charge >= 0.3 is 17.9 Å². The predicted octanol–water partition coefficient (Wildman–Crippen LogP) is 1.75. The second-order valence-electron chi connectivity index (χ2n) is 5.19. The van der Waals surface area contributed by atoms with E-state index < -0.39 is 36.4 Å². The first kappa shape index (κ1) is 21.4. The summed E-state index contributed by atoms with van der Waals surface area (Å²) in [7, 11) is 0. The Morgan fingerprint density at radius 1 is 0.826 bits per heavy atom. The lowest BCUT2D eigenvalue weighted by Crippen LogP contribution is -2.45. The summed E-state index contributed by atoms with van der Waals surface area (Å²) >= 11 is 0. The van der Waals surface area contributed by atoms with Crippen molar-refractivity contribution in [3.05, 3.63) is 0 Å². The molecule has 0 heterocycles. The number of carbonyl (C=O) groups excluding carboxylic acids is 3. The first-order valence-corrected chi connectivity index (χ1v) is 8.10. The van der Waals surface area contributed by atoms with Gasteiger partial charge in [-0.15, -0.1) is 0 Å².